The lowest BCUT2D eigenvalue weighted by Gasteiger charge is -2.41. The minimum Gasteiger partial charge on any atom is -0.488 e. The van der Waals surface area contributed by atoms with E-state index in [0.717, 1.165) is 0 Å². The first-order valence-corrected chi connectivity index (χ1v) is 10.3. The number of aliphatic hydroxyl groups excluding tert-OH is 1. The van der Waals surface area contributed by atoms with E-state index in [-0.39, 0.29) is 29.5 Å². The SMILES string of the molecule is C[C@H]1COc2c(-c3nc(N[C@@H]4CCOC[C@H]4O)ncc3Cl)cc(F)c3c2N1CCO3. The fraction of sp³-hybridized carbons (Fsp3) is 0.500. The summed E-state index contributed by atoms with van der Waals surface area (Å²) < 4.78 is 31.8. The number of anilines is 2. The third-order valence-corrected chi connectivity index (χ3v) is 5.95. The van der Waals surface area contributed by atoms with Gasteiger partial charge in [0.15, 0.2) is 17.3 Å². The molecule has 0 bridgehead atoms. The number of nitrogens with zero attached hydrogens (tertiary/aromatic N) is 3. The quantitative estimate of drug-likeness (QED) is 0.758. The molecule has 2 aromatic rings. The van der Waals surface area contributed by atoms with Crippen molar-refractivity contribution in [2.75, 3.05) is 43.2 Å². The van der Waals surface area contributed by atoms with Crippen molar-refractivity contribution in [2.45, 2.75) is 31.5 Å². The Kier molecular flexibility index (Phi) is 5.04. The molecule has 3 aliphatic heterocycles. The van der Waals surface area contributed by atoms with Crippen LogP contribution >= 0.6 is 11.6 Å². The Labute approximate surface area is 177 Å². The molecule has 10 heteroatoms. The normalized spacial score (nSPS) is 25.2. The highest BCUT2D eigenvalue weighted by atomic mass is 35.5. The number of ether oxygens (including phenoxy) is 3. The van der Waals surface area contributed by atoms with Crippen molar-refractivity contribution >= 4 is 23.2 Å². The molecule has 0 aliphatic carbocycles. The topological polar surface area (TPSA) is 89.0 Å². The molecule has 3 aliphatic rings. The molecule has 3 atom stereocenters. The van der Waals surface area contributed by atoms with Crippen LogP contribution in [-0.2, 0) is 4.74 Å². The number of hydrogen-bond acceptors (Lipinski definition) is 8. The number of rotatable bonds is 3. The first-order chi connectivity index (χ1) is 14.5. The average Bonchev–Trinajstić information content (AvgIpc) is 2.75. The molecule has 2 N–H and O–H groups in total. The zero-order valence-corrected chi connectivity index (χ0v) is 17.2. The molecule has 5 rings (SSSR count). The van der Waals surface area contributed by atoms with Gasteiger partial charge in [-0.3, -0.25) is 0 Å². The van der Waals surface area contributed by atoms with E-state index in [1.807, 2.05) is 6.92 Å². The van der Waals surface area contributed by atoms with Gasteiger partial charge in [-0.25, -0.2) is 14.4 Å². The van der Waals surface area contributed by atoms with Gasteiger partial charge >= 0.3 is 0 Å². The van der Waals surface area contributed by atoms with Gasteiger partial charge in [-0.2, -0.15) is 0 Å². The summed E-state index contributed by atoms with van der Waals surface area (Å²) in [6, 6.07) is 1.20. The maximum Gasteiger partial charge on any atom is 0.223 e. The van der Waals surface area contributed by atoms with Gasteiger partial charge in [0.05, 0.1) is 48.3 Å². The molecule has 1 aromatic heterocycles. The first-order valence-electron chi connectivity index (χ1n) is 9.97. The number of halogens is 2. The van der Waals surface area contributed by atoms with Gasteiger partial charge in [-0.15, -0.1) is 0 Å². The second-order valence-electron chi connectivity index (χ2n) is 7.69. The summed E-state index contributed by atoms with van der Waals surface area (Å²) in [4.78, 5) is 10.8. The lowest BCUT2D eigenvalue weighted by molar-refractivity contribution is -0.0136. The fourth-order valence-electron chi connectivity index (χ4n) is 4.10. The van der Waals surface area contributed by atoms with Gasteiger partial charge in [0, 0.05) is 12.2 Å². The molecule has 0 spiro atoms. The average molecular weight is 437 g/mol. The maximum absolute atomic E-state index is 15.0. The molecule has 1 saturated heterocycles. The second kappa shape index (κ2) is 7.72. The van der Waals surface area contributed by atoms with E-state index in [2.05, 4.69) is 20.2 Å². The Morgan fingerprint density at radius 1 is 1.27 bits per heavy atom. The standard InChI is InChI=1S/C20H22ClFN4O4/c1-10-8-30-18-11(6-13(22)19-17(18)26(10)3-5-29-19)16-12(21)7-23-20(25-16)24-14-2-4-28-9-15(14)27/h6-7,10,14-15,27H,2-5,8-9H2,1H3,(H,23,24,25)/t10-,14+,15+/m0/s1. The van der Waals surface area contributed by atoms with E-state index in [1.165, 1.54) is 12.3 Å². The Balaban J connectivity index is 1.57. The van der Waals surface area contributed by atoms with Crippen molar-refractivity contribution < 1.29 is 23.7 Å². The molecular formula is C20H22ClFN4O4. The number of aliphatic hydroxyl groups is 1. The molecule has 160 valence electrons. The zero-order valence-electron chi connectivity index (χ0n) is 16.4. The van der Waals surface area contributed by atoms with Crippen LogP contribution in [0.1, 0.15) is 13.3 Å². The van der Waals surface area contributed by atoms with E-state index in [1.54, 1.807) is 0 Å². The molecule has 8 nitrogen and oxygen atoms in total. The Morgan fingerprint density at radius 3 is 2.97 bits per heavy atom. The third kappa shape index (κ3) is 3.30. The first kappa shape index (κ1) is 19.6. The van der Waals surface area contributed by atoms with Gasteiger partial charge in [-0.1, -0.05) is 11.6 Å². The van der Waals surface area contributed by atoms with Crippen LogP contribution in [0.15, 0.2) is 12.3 Å². The van der Waals surface area contributed by atoms with Crippen molar-refractivity contribution in [1.82, 2.24) is 9.97 Å². The number of hydrogen-bond donors (Lipinski definition) is 2. The van der Waals surface area contributed by atoms with Gasteiger partial charge in [-0.05, 0) is 19.4 Å². The van der Waals surface area contributed by atoms with E-state index in [0.29, 0.717) is 61.4 Å². The monoisotopic (exact) mass is 436 g/mol. The van der Waals surface area contributed by atoms with E-state index in [4.69, 9.17) is 25.8 Å². The molecule has 0 amide bonds. The molecule has 4 heterocycles. The zero-order chi connectivity index (χ0) is 20.8. The van der Waals surface area contributed by atoms with Crippen molar-refractivity contribution in [2.24, 2.45) is 0 Å². The Bertz CT molecular complexity index is 978. The predicted molar refractivity (Wildman–Crippen MR) is 109 cm³/mol. The van der Waals surface area contributed by atoms with Gasteiger partial charge in [0.2, 0.25) is 5.95 Å². The minimum atomic E-state index is -0.667. The smallest absolute Gasteiger partial charge is 0.223 e. The summed E-state index contributed by atoms with van der Waals surface area (Å²) in [5, 5.41) is 13.5. The van der Waals surface area contributed by atoms with Crippen LogP contribution in [0.2, 0.25) is 5.02 Å². The van der Waals surface area contributed by atoms with Crippen LogP contribution in [0, 0.1) is 5.82 Å². The summed E-state index contributed by atoms with van der Waals surface area (Å²) in [7, 11) is 0. The van der Waals surface area contributed by atoms with E-state index in [9.17, 15) is 9.50 Å². The lowest BCUT2D eigenvalue weighted by Crippen LogP contribution is -2.45. The van der Waals surface area contributed by atoms with Gasteiger partial charge in [0.25, 0.3) is 0 Å². The van der Waals surface area contributed by atoms with Crippen LogP contribution < -0.4 is 19.7 Å². The predicted octanol–water partition coefficient (Wildman–Crippen LogP) is 2.48. The van der Waals surface area contributed by atoms with Crippen LogP contribution in [0.25, 0.3) is 11.3 Å². The summed E-state index contributed by atoms with van der Waals surface area (Å²) in [5.41, 5.74) is 1.39. The number of benzene rings is 1. The third-order valence-electron chi connectivity index (χ3n) is 5.67. The van der Waals surface area contributed by atoms with Crippen molar-refractivity contribution in [3.05, 3.63) is 23.1 Å². The van der Waals surface area contributed by atoms with Crippen LogP contribution in [0.5, 0.6) is 11.5 Å². The van der Waals surface area contributed by atoms with Gasteiger partial charge < -0.3 is 29.5 Å². The number of nitrogens with one attached hydrogen (secondary N) is 1. The molecule has 1 fully saturated rings. The maximum atomic E-state index is 15.0. The molecular weight excluding hydrogens is 415 g/mol. The summed E-state index contributed by atoms with van der Waals surface area (Å²) >= 11 is 6.40. The minimum absolute atomic E-state index is 0.0999. The summed E-state index contributed by atoms with van der Waals surface area (Å²) in [6.07, 6.45) is 1.41. The lowest BCUT2D eigenvalue weighted by atomic mass is 10.0. The molecule has 0 saturated carbocycles. The summed E-state index contributed by atoms with van der Waals surface area (Å²) in [5.74, 6) is 0.500. The Hall–Kier alpha value is -2.36. The highest BCUT2D eigenvalue weighted by molar-refractivity contribution is 6.33. The van der Waals surface area contributed by atoms with Crippen molar-refractivity contribution in [3.8, 4) is 22.8 Å². The summed E-state index contributed by atoms with van der Waals surface area (Å²) in [6.45, 7) is 4.36. The second-order valence-corrected chi connectivity index (χ2v) is 8.09. The highest BCUT2D eigenvalue weighted by Crippen LogP contribution is 2.51. The molecule has 0 unspecified atom stereocenters. The van der Waals surface area contributed by atoms with Crippen LogP contribution in [-0.4, -0.2) is 66.2 Å². The van der Waals surface area contributed by atoms with Crippen molar-refractivity contribution in [1.29, 1.82) is 0 Å². The fourth-order valence-corrected chi connectivity index (χ4v) is 4.29. The van der Waals surface area contributed by atoms with E-state index < -0.39 is 11.9 Å². The molecule has 1 aromatic carbocycles. The molecule has 30 heavy (non-hydrogen) atoms. The van der Waals surface area contributed by atoms with Crippen LogP contribution in [0.4, 0.5) is 16.0 Å². The largest absolute Gasteiger partial charge is 0.488 e. The highest BCUT2D eigenvalue weighted by Gasteiger charge is 2.36. The molecule has 0 radical (unpaired) electrons. The van der Waals surface area contributed by atoms with Crippen LogP contribution in [0.3, 0.4) is 0 Å². The number of aromatic nitrogens is 2. The van der Waals surface area contributed by atoms with Crippen molar-refractivity contribution in [3.63, 3.8) is 0 Å². The Morgan fingerprint density at radius 2 is 2.13 bits per heavy atom. The van der Waals surface area contributed by atoms with E-state index >= 15 is 0 Å². The van der Waals surface area contributed by atoms with Gasteiger partial charge in [0.1, 0.15) is 18.9 Å².